The monoisotopic (exact) mass is 386 g/mol. The largest absolute Gasteiger partial charge is 0.497 e. The zero-order chi connectivity index (χ0) is 13.8. The van der Waals surface area contributed by atoms with Crippen LogP contribution in [0.25, 0.3) is 0 Å². The summed E-state index contributed by atoms with van der Waals surface area (Å²) in [6, 6.07) is 13.1. The number of hydrogen-bond donors (Lipinski definition) is 0. The summed E-state index contributed by atoms with van der Waals surface area (Å²) in [6.07, 6.45) is 0.776. The topological polar surface area (TPSA) is 9.23 Å². The third-order valence-corrected chi connectivity index (χ3v) is 4.35. The highest BCUT2D eigenvalue weighted by molar-refractivity contribution is 9.10. The zero-order valence-corrected chi connectivity index (χ0v) is 13.5. The second-order valence-corrected chi connectivity index (χ2v) is 6.16. The Morgan fingerprint density at radius 3 is 2.68 bits per heavy atom. The summed E-state index contributed by atoms with van der Waals surface area (Å²) in [5, 5.41) is 0. The van der Waals surface area contributed by atoms with Gasteiger partial charge in [0.15, 0.2) is 0 Å². The van der Waals surface area contributed by atoms with Crippen molar-refractivity contribution in [3.63, 3.8) is 0 Å². The number of halogens is 3. The number of rotatable bonds is 4. The van der Waals surface area contributed by atoms with E-state index in [0.717, 1.165) is 23.3 Å². The maximum Gasteiger partial charge on any atom is 0.137 e. The van der Waals surface area contributed by atoms with Crippen molar-refractivity contribution in [1.82, 2.24) is 0 Å². The van der Waals surface area contributed by atoms with Crippen molar-refractivity contribution < 1.29 is 9.13 Å². The van der Waals surface area contributed by atoms with Gasteiger partial charge < -0.3 is 4.74 Å². The lowest BCUT2D eigenvalue weighted by Gasteiger charge is -2.12. The number of benzene rings is 2. The first-order valence-electron chi connectivity index (χ1n) is 5.82. The molecule has 1 nitrogen and oxygen atoms in total. The van der Waals surface area contributed by atoms with Gasteiger partial charge in [0.1, 0.15) is 11.6 Å². The van der Waals surface area contributed by atoms with Crippen LogP contribution in [0.4, 0.5) is 4.39 Å². The first kappa shape index (κ1) is 14.5. The molecule has 0 aromatic heterocycles. The normalized spacial score (nSPS) is 12.2. The van der Waals surface area contributed by atoms with Gasteiger partial charge in [-0.15, -0.1) is 0 Å². The van der Waals surface area contributed by atoms with Crippen LogP contribution in [0.15, 0.2) is 46.9 Å². The lowest BCUT2D eigenvalue weighted by atomic mass is 10.0. The molecule has 2 aromatic rings. The van der Waals surface area contributed by atoms with Crippen LogP contribution in [0.5, 0.6) is 5.75 Å². The average Bonchev–Trinajstić information content (AvgIpc) is 2.42. The Balaban J connectivity index is 2.15. The second-order valence-electron chi connectivity index (χ2n) is 4.20. The molecule has 0 fully saturated rings. The number of ether oxygens (including phenoxy) is 1. The van der Waals surface area contributed by atoms with E-state index in [-0.39, 0.29) is 10.6 Å². The van der Waals surface area contributed by atoms with Crippen LogP contribution in [0, 0.1) is 5.82 Å². The van der Waals surface area contributed by atoms with Crippen LogP contribution in [-0.4, -0.2) is 7.11 Å². The average molecular weight is 388 g/mol. The van der Waals surface area contributed by atoms with Crippen molar-refractivity contribution >= 4 is 31.9 Å². The van der Waals surface area contributed by atoms with Gasteiger partial charge in [0.2, 0.25) is 0 Å². The fourth-order valence-electron chi connectivity index (χ4n) is 1.83. The van der Waals surface area contributed by atoms with Gasteiger partial charge in [0, 0.05) is 4.83 Å². The highest BCUT2D eigenvalue weighted by atomic mass is 79.9. The van der Waals surface area contributed by atoms with Crippen molar-refractivity contribution in [3.05, 3.63) is 63.9 Å². The van der Waals surface area contributed by atoms with E-state index in [1.54, 1.807) is 19.2 Å². The van der Waals surface area contributed by atoms with Gasteiger partial charge in [-0.2, -0.15) is 0 Å². The van der Waals surface area contributed by atoms with Crippen molar-refractivity contribution in [2.45, 2.75) is 11.2 Å². The Hall–Kier alpha value is -0.870. The highest BCUT2D eigenvalue weighted by Gasteiger charge is 2.11. The summed E-state index contributed by atoms with van der Waals surface area (Å²) in [6.45, 7) is 0. The van der Waals surface area contributed by atoms with Crippen LogP contribution >= 0.6 is 31.9 Å². The number of alkyl halides is 1. The third kappa shape index (κ3) is 3.80. The molecule has 0 bridgehead atoms. The van der Waals surface area contributed by atoms with E-state index in [2.05, 4.69) is 31.9 Å². The Morgan fingerprint density at radius 2 is 2.00 bits per heavy atom. The summed E-state index contributed by atoms with van der Waals surface area (Å²) in [5.74, 6) is 0.590. The van der Waals surface area contributed by atoms with Gasteiger partial charge in [-0.3, -0.25) is 0 Å². The van der Waals surface area contributed by atoms with Gasteiger partial charge in [-0.05, 0) is 57.7 Å². The third-order valence-electron chi connectivity index (χ3n) is 2.85. The smallest absolute Gasteiger partial charge is 0.137 e. The molecule has 100 valence electrons. The molecular weight excluding hydrogens is 375 g/mol. The Bertz CT molecular complexity index is 572. The molecule has 4 heteroatoms. The number of hydrogen-bond acceptors (Lipinski definition) is 1. The van der Waals surface area contributed by atoms with Gasteiger partial charge in [0.05, 0.1) is 11.6 Å². The molecular formula is C15H13Br2FO. The van der Waals surface area contributed by atoms with Gasteiger partial charge in [0.25, 0.3) is 0 Å². The van der Waals surface area contributed by atoms with E-state index in [1.807, 2.05) is 30.3 Å². The van der Waals surface area contributed by atoms with E-state index >= 15 is 0 Å². The molecule has 2 rings (SSSR count). The summed E-state index contributed by atoms with van der Waals surface area (Å²) in [5.41, 5.74) is 2.06. The maximum absolute atomic E-state index is 13.5. The fraction of sp³-hybridized carbons (Fsp3) is 0.200. The molecule has 0 amide bonds. The SMILES string of the molecule is COc1cccc(CC(Br)c2ccc(Br)c(F)c2)c1. The molecule has 2 aromatic carbocycles. The molecule has 0 aliphatic rings. The molecule has 0 radical (unpaired) electrons. The minimum absolute atomic E-state index is 0.0715. The molecule has 0 saturated carbocycles. The summed E-state index contributed by atoms with van der Waals surface area (Å²) >= 11 is 6.76. The molecule has 1 atom stereocenters. The van der Waals surface area contributed by atoms with E-state index in [0.29, 0.717) is 4.47 Å². The van der Waals surface area contributed by atoms with Crippen LogP contribution in [0.1, 0.15) is 16.0 Å². The van der Waals surface area contributed by atoms with Crippen molar-refractivity contribution in [3.8, 4) is 5.75 Å². The Morgan fingerprint density at radius 1 is 1.21 bits per heavy atom. The van der Waals surface area contributed by atoms with Crippen LogP contribution < -0.4 is 4.74 Å². The second kappa shape index (κ2) is 6.53. The van der Waals surface area contributed by atoms with E-state index < -0.39 is 0 Å². The first-order chi connectivity index (χ1) is 9.10. The van der Waals surface area contributed by atoms with Crippen molar-refractivity contribution in [2.24, 2.45) is 0 Å². The molecule has 0 aliphatic carbocycles. The van der Waals surface area contributed by atoms with E-state index in [9.17, 15) is 4.39 Å². The summed E-state index contributed by atoms with van der Waals surface area (Å²) in [4.78, 5) is 0.0715. The van der Waals surface area contributed by atoms with Crippen LogP contribution in [0.3, 0.4) is 0 Å². The maximum atomic E-state index is 13.5. The molecule has 0 saturated heterocycles. The molecule has 0 aliphatic heterocycles. The van der Waals surface area contributed by atoms with Crippen LogP contribution in [-0.2, 0) is 6.42 Å². The minimum Gasteiger partial charge on any atom is -0.497 e. The predicted molar refractivity (Wildman–Crippen MR) is 82.5 cm³/mol. The first-order valence-corrected chi connectivity index (χ1v) is 7.53. The highest BCUT2D eigenvalue weighted by Crippen LogP contribution is 2.30. The quantitative estimate of drug-likeness (QED) is 0.649. The zero-order valence-electron chi connectivity index (χ0n) is 10.4. The van der Waals surface area contributed by atoms with E-state index in [4.69, 9.17) is 4.74 Å². The van der Waals surface area contributed by atoms with Crippen LogP contribution in [0.2, 0.25) is 0 Å². The Labute approximate surface area is 129 Å². The molecule has 0 heterocycles. The Kier molecular flexibility index (Phi) is 4.99. The lowest BCUT2D eigenvalue weighted by molar-refractivity contribution is 0.414. The standard InChI is InChI=1S/C15H13Br2FO/c1-19-12-4-2-3-10(7-12)8-14(17)11-5-6-13(16)15(18)9-11/h2-7,9,14H,8H2,1H3. The summed E-state index contributed by atoms with van der Waals surface area (Å²) in [7, 11) is 1.65. The van der Waals surface area contributed by atoms with E-state index in [1.165, 1.54) is 0 Å². The van der Waals surface area contributed by atoms with Crippen molar-refractivity contribution in [2.75, 3.05) is 7.11 Å². The molecule has 19 heavy (non-hydrogen) atoms. The molecule has 1 unspecified atom stereocenters. The van der Waals surface area contributed by atoms with Gasteiger partial charge in [-0.25, -0.2) is 4.39 Å². The summed E-state index contributed by atoms with van der Waals surface area (Å²) < 4.78 is 19.2. The van der Waals surface area contributed by atoms with Gasteiger partial charge >= 0.3 is 0 Å². The minimum atomic E-state index is -0.243. The predicted octanol–water partition coefficient (Wildman–Crippen LogP) is 5.28. The molecule has 0 spiro atoms. The lowest BCUT2D eigenvalue weighted by Crippen LogP contribution is -1.97. The fourth-order valence-corrected chi connectivity index (χ4v) is 2.74. The molecule has 0 N–H and O–H groups in total. The van der Waals surface area contributed by atoms with Gasteiger partial charge in [-0.1, -0.05) is 34.1 Å². The number of methoxy groups -OCH3 is 1. The van der Waals surface area contributed by atoms with Crippen molar-refractivity contribution in [1.29, 1.82) is 0 Å².